The lowest BCUT2D eigenvalue weighted by Gasteiger charge is -2.11. The Morgan fingerprint density at radius 3 is 2.59 bits per heavy atom. The second-order valence-electron chi connectivity index (χ2n) is 11.2. The van der Waals surface area contributed by atoms with E-state index in [-0.39, 0.29) is 11.3 Å². The highest BCUT2D eigenvalue weighted by atomic mass is 32.1. The molecule has 8 heteroatoms. The van der Waals surface area contributed by atoms with Crippen molar-refractivity contribution in [3.05, 3.63) is 107 Å². The van der Waals surface area contributed by atoms with Gasteiger partial charge in [-0.25, -0.2) is 15.0 Å². The number of carboxylic acids is 1. The minimum absolute atomic E-state index is 0.173. The Kier molecular flexibility index (Phi) is 6.08. The minimum atomic E-state index is -0.780. The first-order valence-corrected chi connectivity index (χ1v) is 14.5. The lowest BCUT2D eigenvalue weighted by Crippen LogP contribution is -2.07. The number of thiazole rings is 1. The van der Waals surface area contributed by atoms with Crippen molar-refractivity contribution in [3.63, 3.8) is 0 Å². The zero-order valence-corrected chi connectivity index (χ0v) is 23.5. The number of para-hydroxylation sites is 1. The Morgan fingerprint density at radius 1 is 1.00 bits per heavy atom. The van der Waals surface area contributed by atoms with Crippen LogP contribution in [0.4, 0.5) is 0 Å². The number of carboxylic acid groups (broad SMARTS) is 1. The summed E-state index contributed by atoms with van der Waals surface area (Å²) in [5, 5.41) is 13.0. The van der Waals surface area contributed by atoms with Crippen LogP contribution in [0.5, 0.6) is 5.75 Å². The molecule has 3 aromatic heterocycles. The molecule has 204 valence electrons. The molecule has 0 bridgehead atoms. The van der Waals surface area contributed by atoms with E-state index in [1.54, 1.807) is 11.3 Å². The van der Waals surface area contributed by atoms with Gasteiger partial charge in [-0.2, -0.15) is 0 Å². The van der Waals surface area contributed by atoms with E-state index in [4.69, 9.17) is 14.7 Å². The minimum Gasteiger partial charge on any atom is -0.487 e. The number of pyridine rings is 1. The van der Waals surface area contributed by atoms with E-state index in [1.165, 1.54) is 0 Å². The molecule has 0 saturated heterocycles. The summed E-state index contributed by atoms with van der Waals surface area (Å²) in [7, 11) is 0. The molecule has 0 radical (unpaired) electrons. The van der Waals surface area contributed by atoms with Crippen molar-refractivity contribution in [3.8, 4) is 17.0 Å². The van der Waals surface area contributed by atoms with E-state index >= 15 is 0 Å². The zero-order chi connectivity index (χ0) is 28.1. The van der Waals surface area contributed by atoms with Gasteiger partial charge in [0.2, 0.25) is 0 Å². The number of aliphatic carboxylic acids is 1. The highest BCUT2D eigenvalue weighted by molar-refractivity contribution is 7.07. The largest absolute Gasteiger partial charge is 0.487 e. The van der Waals surface area contributed by atoms with Gasteiger partial charge in [-0.05, 0) is 35.2 Å². The van der Waals surface area contributed by atoms with E-state index in [9.17, 15) is 9.90 Å². The summed E-state index contributed by atoms with van der Waals surface area (Å²) in [5.41, 5.74) is 8.12. The molecule has 1 N–H and O–H groups in total. The maximum absolute atomic E-state index is 12.1. The number of fused-ring (bicyclic) bond motifs is 2. The molecule has 1 fully saturated rings. The highest BCUT2D eigenvalue weighted by Crippen LogP contribution is 2.64. The quantitative estimate of drug-likeness (QED) is 0.212. The molecule has 7 nitrogen and oxygen atoms in total. The molecule has 2 unspecified atom stereocenters. The molecule has 0 spiro atoms. The normalized spacial score (nSPS) is 17.6. The maximum Gasteiger partial charge on any atom is 0.307 e. The molecule has 1 aliphatic carbocycles. The van der Waals surface area contributed by atoms with Crippen molar-refractivity contribution in [2.75, 3.05) is 0 Å². The van der Waals surface area contributed by atoms with Crippen LogP contribution >= 0.6 is 11.3 Å². The lowest BCUT2D eigenvalue weighted by molar-refractivity contribution is -0.139. The highest BCUT2D eigenvalue weighted by Gasteiger charge is 2.64. The van der Waals surface area contributed by atoms with Crippen LogP contribution in [0.1, 0.15) is 36.8 Å². The van der Waals surface area contributed by atoms with E-state index in [2.05, 4.69) is 39.9 Å². The van der Waals surface area contributed by atoms with E-state index in [1.807, 2.05) is 73.3 Å². The van der Waals surface area contributed by atoms with E-state index in [0.29, 0.717) is 18.9 Å². The molecule has 0 aliphatic heterocycles. The third kappa shape index (κ3) is 4.64. The zero-order valence-electron chi connectivity index (χ0n) is 22.7. The van der Waals surface area contributed by atoms with Crippen LogP contribution in [0.2, 0.25) is 0 Å². The summed E-state index contributed by atoms with van der Waals surface area (Å²) in [6.07, 6.45) is 0. The fourth-order valence-electron chi connectivity index (χ4n) is 5.87. The number of nitrogens with zero attached hydrogens (tertiary/aromatic N) is 4. The molecule has 2 atom stereocenters. The molecule has 41 heavy (non-hydrogen) atoms. The topological polar surface area (TPSA) is 90.1 Å². The third-order valence-electron chi connectivity index (χ3n) is 8.19. The van der Waals surface area contributed by atoms with Crippen molar-refractivity contribution in [1.82, 2.24) is 19.5 Å². The number of imidazole rings is 1. The standard InChI is InChI=1S/C33H28N4O3S/c1-33(2)29(30(33)32(38)39)31-36-26-15-24(40-17-23-12-11-21-5-3-4-6-25(21)35-23)13-14-28(26)37(31)16-20-7-9-22(10-8-20)27-18-41-19-34-27/h3-15,18-19,29-30H,16-17H2,1-2H3,(H,38,39). The van der Waals surface area contributed by atoms with E-state index in [0.717, 1.165) is 50.3 Å². The molecular formula is C33H28N4O3S. The Morgan fingerprint density at radius 2 is 1.83 bits per heavy atom. The molecule has 1 saturated carbocycles. The SMILES string of the molecule is CC1(C)C(C(=O)O)C1c1nc2cc(OCc3ccc4ccccc4n3)ccc2n1Cc1ccc(-c2cscn2)cc1. The van der Waals surface area contributed by atoms with Gasteiger partial charge >= 0.3 is 5.97 Å². The summed E-state index contributed by atoms with van der Waals surface area (Å²) in [6, 6.07) is 26.3. The Bertz CT molecular complexity index is 1890. The first kappa shape index (κ1) is 25.4. The van der Waals surface area contributed by atoms with Gasteiger partial charge in [-0.15, -0.1) is 11.3 Å². The number of aromatic nitrogens is 4. The fourth-order valence-corrected chi connectivity index (χ4v) is 6.43. The average Bonchev–Trinajstić information content (AvgIpc) is 3.33. The van der Waals surface area contributed by atoms with Gasteiger partial charge in [0.1, 0.15) is 18.2 Å². The van der Waals surface area contributed by atoms with Crippen LogP contribution in [0.3, 0.4) is 0 Å². The average molecular weight is 561 g/mol. The van der Waals surface area contributed by atoms with Crippen molar-refractivity contribution in [2.24, 2.45) is 11.3 Å². The molecule has 3 heterocycles. The monoisotopic (exact) mass is 560 g/mol. The third-order valence-corrected chi connectivity index (χ3v) is 8.77. The van der Waals surface area contributed by atoms with Crippen molar-refractivity contribution in [2.45, 2.75) is 32.9 Å². The Hall–Kier alpha value is -4.56. The van der Waals surface area contributed by atoms with Crippen LogP contribution in [0.15, 0.2) is 89.8 Å². The van der Waals surface area contributed by atoms with Gasteiger partial charge in [0.05, 0.1) is 39.4 Å². The second-order valence-corrected chi connectivity index (χ2v) is 11.9. The molecule has 3 aromatic carbocycles. The predicted octanol–water partition coefficient (Wildman–Crippen LogP) is 7.16. The summed E-state index contributed by atoms with van der Waals surface area (Å²) < 4.78 is 8.29. The number of carbonyl (C=O) groups is 1. The second kappa shape index (κ2) is 9.82. The molecule has 1 aliphatic rings. The number of hydrogen-bond acceptors (Lipinski definition) is 6. The summed E-state index contributed by atoms with van der Waals surface area (Å²) in [5.74, 6) is 0.0706. The van der Waals surface area contributed by atoms with Crippen molar-refractivity contribution < 1.29 is 14.6 Å². The summed E-state index contributed by atoms with van der Waals surface area (Å²) in [6.45, 7) is 4.94. The van der Waals surface area contributed by atoms with Crippen molar-refractivity contribution >= 4 is 39.2 Å². The number of rotatable bonds is 8. The Labute approximate surface area is 241 Å². The van der Waals surface area contributed by atoms with Crippen LogP contribution in [-0.4, -0.2) is 30.6 Å². The Balaban J connectivity index is 1.20. The smallest absolute Gasteiger partial charge is 0.307 e. The summed E-state index contributed by atoms with van der Waals surface area (Å²) in [4.78, 5) is 26.2. The predicted molar refractivity (Wildman–Crippen MR) is 160 cm³/mol. The number of ether oxygens (including phenoxy) is 1. The fraction of sp³-hybridized carbons (Fsp3) is 0.212. The molecule has 0 amide bonds. The van der Waals surface area contributed by atoms with E-state index < -0.39 is 11.9 Å². The van der Waals surface area contributed by atoms with Crippen LogP contribution in [0.25, 0.3) is 33.2 Å². The summed E-state index contributed by atoms with van der Waals surface area (Å²) >= 11 is 1.58. The van der Waals surface area contributed by atoms with Gasteiger partial charge in [-0.1, -0.05) is 62.4 Å². The molecule has 7 rings (SSSR count). The van der Waals surface area contributed by atoms with Gasteiger partial charge < -0.3 is 14.4 Å². The van der Waals surface area contributed by atoms with Crippen molar-refractivity contribution in [1.29, 1.82) is 0 Å². The van der Waals surface area contributed by atoms with Gasteiger partial charge in [-0.3, -0.25) is 4.79 Å². The van der Waals surface area contributed by atoms with Gasteiger partial charge in [0, 0.05) is 34.9 Å². The molecular weight excluding hydrogens is 532 g/mol. The number of benzene rings is 3. The first-order chi connectivity index (χ1) is 19.9. The lowest BCUT2D eigenvalue weighted by atomic mass is 10.1. The maximum atomic E-state index is 12.1. The van der Waals surface area contributed by atoms with Crippen LogP contribution in [0, 0.1) is 11.3 Å². The van der Waals surface area contributed by atoms with Gasteiger partial charge in [0.25, 0.3) is 0 Å². The first-order valence-electron chi connectivity index (χ1n) is 13.6. The van der Waals surface area contributed by atoms with Gasteiger partial charge in [0.15, 0.2) is 0 Å². The number of hydrogen-bond donors (Lipinski definition) is 1. The van der Waals surface area contributed by atoms with Crippen LogP contribution < -0.4 is 4.74 Å². The molecule has 6 aromatic rings. The van der Waals surface area contributed by atoms with Crippen LogP contribution in [-0.2, 0) is 17.9 Å².